The third kappa shape index (κ3) is 3.82. The predicted octanol–water partition coefficient (Wildman–Crippen LogP) is 4.81. The van der Waals surface area contributed by atoms with Crippen molar-refractivity contribution in [3.63, 3.8) is 0 Å². The molecule has 0 spiro atoms. The van der Waals surface area contributed by atoms with E-state index in [1.807, 2.05) is 87.6 Å². The van der Waals surface area contributed by atoms with Crippen LogP contribution in [0, 0.1) is 6.92 Å². The van der Waals surface area contributed by atoms with Crippen LogP contribution in [0.2, 0.25) is 0 Å². The van der Waals surface area contributed by atoms with E-state index >= 15 is 0 Å². The van der Waals surface area contributed by atoms with Crippen molar-refractivity contribution in [3.05, 3.63) is 95.7 Å². The molecule has 5 nitrogen and oxygen atoms in total. The lowest BCUT2D eigenvalue weighted by Gasteiger charge is -2.21. The maximum Gasteiger partial charge on any atom is 0.282 e. The van der Waals surface area contributed by atoms with Gasteiger partial charge in [0.1, 0.15) is 11.4 Å². The van der Waals surface area contributed by atoms with Crippen molar-refractivity contribution in [2.75, 3.05) is 23.5 Å². The van der Waals surface area contributed by atoms with E-state index in [9.17, 15) is 9.59 Å². The van der Waals surface area contributed by atoms with Crippen molar-refractivity contribution in [2.45, 2.75) is 13.8 Å². The topological polar surface area (TPSA) is 49.9 Å². The van der Waals surface area contributed by atoms with Crippen LogP contribution in [-0.2, 0) is 9.59 Å². The third-order valence-electron chi connectivity index (χ3n) is 5.28. The van der Waals surface area contributed by atoms with E-state index in [1.165, 1.54) is 4.90 Å². The summed E-state index contributed by atoms with van der Waals surface area (Å²) in [5.74, 6) is 0.0388. The summed E-state index contributed by atoms with van der Waals surface area (Å²) in [6, 6.07) is 24.2. The maximum atomic E-state index is 13.6. The summed E-state index contributed by atoms with van der Waals surface area (Å²) in [4.78, 5) is 30.1. The zero-order valence-corrected chi connectivity index (χ0v) is 17.8. The van der Waals surface area contributed by atoms with Gasteiger partial charge in [0, 0.05) is 12.7 Å². The quantitative estimate of drug-likeness (QED) is 0.545. The zero-order chi connectivity index (χ0) is 22.0. The van der Waals surface area contributed by atoms with Gasteiger partial charge >= 0.3 is 0 Å². The number of rotatable bonds is 6. The first-order chi connectivity index (χ1) is 15.0. The molecular formula is C26H24N2O3. The van der Waals surface area contributed by atoms with Crippen LogP contribution in [0.4, 0.5) is 11.4 Å². The number of ether oxygens (including phenoxy) is 1. The summed E-state index contributed by atoms with van der Waals surface area (Å²) >= 11 is 0. The first-order valence-electron chi connectivity index (χ1n) is 10.2. The van der Waals surface area contributed by atoms with Crippen molar-refractivity contribution in [3.8, 4) is 5.75 Å². The Morgan fingerprint density at radius 3 is 2.10 bits per heavy atom. The Hall–Kier alpha value is -3.86. The lowest BCUT2D eigenvalue weighted by molar-refractivity contribution is -0.120. The van der Waals surface area contributed by atoms with Gasteiger partial charge in [0.15, 0.2) is 0 Å². The summed E-state index contributed by atoms with van der Waals surface area (Å²) in [5.41, 5.74) is 3.84. The molecule has 0 saturated carbocycles. The van der Waals surface area contributed by atoms with Crippen LogP contribution in [0.15, 0.2) is 84.6 Å². The molecular weight excluding hydrogens is 388 g/mol. The number of carbonyl (C=O) groups is 2. The van der Waals surface area contributed by atoms with E-state index in [4.69, 9.17) is 4.74 Å². The zero-order valence-electron chi connectivity index (χ0n) is 17.8. The molecule has 31 heavy (non-hydrogen) atoms. The number of nitrogens with zero attached hydrogens (tertiary/aromatic N) is 2. The van der Waals surface area contributed by atoms with Gasteiger partial charge in [-0.05, 0) is 55.8 Å². The number of hydrogen-bond acceptors (Lipinski definition) is 4. The largest absolute Gasteiger partial charge is 0.494 e. The second-order valence-corrected chi connectivity index (χ2v) is 7.36. The van der Waals surface area contributed by atoms with Crippen LogP contribution in [0.5, 0.6) is 5.75 Å². The Kier molecular flexibility index (Phi) is 5.58. The van der Waals surface area contributed by atoms with E-state index in [0.29, 0.717) is 29.1 Å². The van der Waals surface area contributed by atoms with Crippen molar-refractivity contribution in [2.24, 2.45) is 0 Å². The fourth-order valence-electron chi connectivity index (χ4n) is 3.68. The number of anilines is 2. The van der Waals surface area contributed by atoms with Crippen LogP contribution in [-0.4, -0.2) is 25.5 Å². The number of benzene rings is 3. The lowest BCUT2D eigenvalue weighted by atomic mass is 10.0. The molecule has 156 valence electrons. The average molecular weight is 412 g/mol. The van der Waals surface area contributed by atoms with Crippen molar-refractivity contribution in [1.82, 2.24) is 0 Å². The SMILES string of the molecule is CCOc1ccc(C2=C(N(C)c3ccccc3)C(=O)N(c3ccc(C)cc3)C2=O)cc1. The number of amides is 2. The summed E-state index contributed by atoms with van der Waals surface area (Å²) in [6.07, 6.45) is 0. The van der Waals surface area contributed by atoms with E-state index in [0.717, 1.165) is 17.0 Å². The summed E-state index contributed by atoms with van der Waals surface area (Å²) < 4.78 is 5.53. The highest BCUT2D eigenvalue weighted by Gasteiger charge is 2.42. The van der Waals surface area contributed by atoms with Gasteiger partial charge in [0.2, 0.25) is 0 Å². The van der Waals surface area contributed by atoms with Gasteiger partial charge in [-0.2, -0.15) is 0 Å². The molecule has 0 aromatic heterocycles. The molecule has 0 N–H and O–H groups in total. The van der Waals surface area contributed by atoms with Crippen molar-refractivity contribution in [1.29, 1.82) is 0 Å². The van der Waals surface area contributed by atoms with Gasteiger partial charge in [-0.3, -0.25) is 9.59 Å². The molecule has 0 atom stereocenters. The van der Waals surface area contributed by atoms with Crippen LogP contribution in [0.3, 0.4) is 0 Å². The minimum atomic E-state index is -0.343. The normalized spacial score (nSPS) is 13.7. The molecule has 1 aliphatic heterocycles. The fraction of sp³-hybridized carbons (Fsp3) is 0.154. The van der Waals surface area contributed by atoms with E-state index in [1.54, 1.807) is 17.0 Å². The lowest BCUT2D eigenvalue weighted by Crippen LogP contribution is -2.34. The van der Waals surface area contributed by atoms with Gasteiger partial charge in [0.05, 0.1) is 17.9 Å². The molecule has 5 heteroatoms. The average Bonchev–Trinajstić information content (AvgIpc) is 3.05. The second kappa shape index (κ2) is 8.48. The standard InChI is InChI=1S/C26H24N2O3/c1-4-31-22-16-12-19(13-17-22)23-24(27(3)20-8-6-5-7-9-20)26(30)28(25(23)29)21-14-10-18(2)11-15-21/h5-17H,4H2,1-3H3. The molecule has 0 fully saturated rings. The Bertz CT molecular complexity index is 1130. The summed E-state index contributed by atoms with van der Waals surface area (Å²) in [6.45, 7) is 4.44. The Morgan fingerprint density at radius 2 is 1.48 bits per heavy atom. The highest BCUT2D eigenvalue weighted by atomic mass is 16.5. The molecule has 1 heterocycles. The Balaban J connectivity index is 1.83. The van der Waals surface area contributed by atoms with Crippen LogP contribution in [0.1, 0.15) is 18.1 Å². The van der Waals surface area contributed by atoms with Gasteiger partial charge < -0.3 is 9.64 Å². The molecule has 3 aromatic rings. The molecule has 3 aromatic carbocycles. The van der Waals surface area contributed by atoms with E-state index < -0.39 is 0 Å². The first-order valence-corrected chi connectivity index (χ1v) is 10.2. The minimum Gasteiger partial charge on any atom is -0.494 e. The molecule has 0 bridgehead atoms. The molecule has 4 rings (SSSR count). The van der Waals surface area contributed by atoms with E-state index in [2.05, 4.69) is 0 Å². The molecule has 0 aliphatic carbocycles. The predicted molar refractivity (Wildman–Crippen MR) is 123 cm³/mol. The molecule has 0 unspecified atom stereocenters. The van der Waals surface area contributed by atoms with Crippen molar-refractivity contribution < 1.29 is 14.3 Å². The molecule has 0 saturated heterocycles. The van der Waals surface area contributed by atoms with Gasteiger partial charge in [-0.1, -0.05) is 48.0 Å². The van der Waals surface area contributed by atoms with Crippen molar-refractivity contribution >= 4 is 28.8 Å². The number of imide groups is 1. The summed E-state index contributed by atoms with van der Waals surface area (Å²) in [7, 11) is 1.81. The Morgan fingerprint density at radius 1 is 0.839 bits per heavy atom. The van der Waals surface area contributed by atoms with Gasteiger partial charge in [-0.25, -0.2) is 4.90 Å². The number of aryl methyl sites for hydroxylation is 1. The van der Waals surface area contributed by atoms with Crippen LogP contribution in [0.25, 0.3) is 5.57 Å². The monoisotopic (exact) mass is 412 g/mol. The number of likely N-dealkylation sites (N-methyl/N-ethyl adjacent to an activating group) is 1. The van der Waals surface area contributed by atoms with Crippen LogP contribution < -0.4 is 14.5 Å². The highest BCUT2D eigenvalue weighted by molar-refractivity contribution is 6.46. The number of carbonyl (C=O) groups excluding carboxylic acids is 2. The number of para-hydroxylation sites is 1. The van der Waals surface area contributed by atoms with E-state index in [-0.39, 0.29) is 11.8 Å². The first kappa shape index (κ1) is 20.4. The highest BCUT2D eigenvalue weighted by Crippen LogP contribution is 2.36. The van der Waals surface area contributed by atoms with Gasteiger partial charge in [0.25, 0.3) is 11.8 Å². The number of hydrogen-bond donors (Lipinski definition) is 0. The third-order valence-corrected chi connectivity index (χ3v) is 5.28. The fourth-order valence-corrected chi connectivity index (χ4v) is 3.68. The maximum absolute atomic E-state index is 13.6. The smallest absolute Gasteiger partial charge is 0.282 e. The van der Waals surface area contributed by atoms with Crippen LogP contribution >= 0.6 is 0 Å². The molecule has 0 radical (unpaired) electrons. The van der Waals surface area contributed by atoms with Gasteiger partial charge in [-0.15, -0.1) is 0 Å². The minimum absolute atomic E-state index is 0.337. The second-order valence-electron chi connectivity index (χ2n) is 7.36. The molecule has 1 aliphatic rings. The molecule has 2 amide bonds. The Labute approximate surface area is 182 Å². The summed E-state index contributed by atoms with van der Waals surface area (Å²) in [5, 5.41) is 0.